The maximum atomic E-state index is 12.4. The summed E-state index contributed by atoms with van der Waals surface area (Å²) in [5.74, 6) is -1.57. The Kier molecular flexibility index (Phi) is 19.2. The quantitative estimate of drug-likeness (QED) is 0.0291. The number of nitrogens with two attached hydrogens (primary N) is 4. The summed E-state index contributed by atoms with van der Waals surface area (Å²) in [6.45, 7) is 0.369. The van der Waals surface area contributed by atoms with Crippen LogP contribution in [0.5, 0.6) is 0 Å². The summed E-state index contributed by atoms with van der Waals surface area (Å²) in [6, 6.07) is 10.2. The third-order valence-electron chi connectivity index (χ3n) is 8.23. The number of amides is 3. The molecule has 2 atom stereocenters. The largest absolute Gasteiger partial charge is 0.464 e. The number of unbranched alkanes of at least 4 members (excludes halogenated alkanes) is 1. The molecule has 5 rings (SSSR count). The summed E-state index contributed by atoms with van der Waals surface area (Å²) < 4.78 is 6.65. The zero-order valence-corrected chi connectivity index (χ0v) is 35.6. The lowest BCUT2D eigenvalue weighted by Gasteiger charge is -2.25. The third kappa shape index (κ3) is 13.8. The standard InChI is InChI=1S/C18H23BrN6O3.C18H20BrN5O2.2H2S/c1-28-17(27)15(25-16(26)13(20)3-2-6-23-18(21)22)7-10-9-24-14-8-11(19)4-5-12(10)14;19-11-5-6-12-10(9-22-14(12)8-11)7-15-18(26)23-13(17(25)24-15)3-1-2-4-16(20)21;;/h4-5,7-9,13,24H,2-3,6,20H2,1H3,(H,25,26)(H4,21,22,23);5-9,13,22H,1-4H2,(H3,20,21)(H,23,26)(H,24,25);2*1H2/b2*15-7-;;/t2*13-;;/m00../s1. The van der Waals surface area contributed by atoms with E-state index in [1.165, 1.54) is 7.11 Å². The number of aromatic amines is 2. The maximum absolute atomic E-state index is 12.4. The summed E-state index contributed by atoms with van der Waals surface area (Å²) in [6.07, 6.45) is 10.1. The number of nitrogens with one attached hydrogen (secondary N) is 6. The molecule has 0 spiro atoms. The molecule has 20 heteroatoms. The number of halogens is 2. The predicted octanol–water partition coefficient (Wildman–Crippen LogP) is 3.55. The number of fused-ring (bicyclic) bond motifs is 2. The van der Waals surface area contributed by atoms with Crippen LogP contribution in [0.3, 0.4) is 0 Å². The van der Waals surface area contributed by atoms with Gasteiger partial charge in [-0.25, -0.2) is 4.79 Å². The average Bonchev–Trinajstić information content (AvgIpc) is 3.72. The Hall–Kier alpha value is -4.76. The van der Waals surface area contributed by atoms with E-state index in [1.807, 2.05) is 36.4 Å². The fraction of sp³-hybridized carbons (Fsp3) is 0.278. The average molecular weight is 938 g/mol. The highest BCUT2D eigenvalue weighted by molar-refractivity contribution is 9.10. The monoisotopic (exact) mass is 935 g/mol. The molecular formula is C36H47Br2N11O5S2. The van der Waals surface area contributed by atoms with Crippen LogP contribution in [0.25, 0.3) is 34.0 Å². The summed E-state index contributed by atoms with van der Waals surface area (Å²) in [5.41, 5.74) is 25.3. The van der Waals surface area contributed by atoms with Gasteiger partial charge in [-0.3, -0.25) is 24.8 Å². The fourth-order valence-electron chi connectivity index (χ4n) is 5.47. The van der Waals surface area contributed by atoms with Crippen LogP contribution in [0.4, 0.5) is 0 Å². The number of aliphatic imine (C=N–C) groups is 1. The molecular weight excluding hydrogens is 890 g/mol. The topological polar surface area (TPSA) is 285 Å². The number of aromatic nitrogens is 2. The number of hydrogen-bond acceptors (Lipinski definition) is 8. The molecule has 302 valence electrons. The number of guanidine groups is 1. The normalized spacial score (nSPS) is 15.0. The number of carbonyl (C=O) groups excluding carboxylic acids is 4. The molecule has 56 heavy (non-hydrogen) atoms. The van der Waals surface area contributed by atoms with Crippen LogP contribution in [0.1, 0.15) is 49.7 Å². The van der Waals surface area contributed by atoms with Gasteiger partial charge in [0.05, 0.1) is 19.0 Å². The molecule has 0 aliphatic carbocycles. The molecule has 14 N–H and O–H groups in total. The van der Waals surface area contributed by atoms with Crippen molar-refractivity contribution in [2.45, 2.75) is 50.6 Å². The molecule has 4 aromatic rings. The van der Waals surface area contributed by atoms with E-state index in [9.17, 15) is 19.2 Å². The summed E-state index contributed by atoms with van der Waals surface area (Å²) in [7, 11) is 1.24. The summed E-state index contributed by atoms with van der Waals surface area (Å²) in [5, 5.41) is 17.0. The number of piperazine rings is 1. The van der Waals surface area contributed by atoms with Crippen molar-refractivity contribution < 1.29 is 23.9 Å². The number of methoxy groups -OCH3 is 1. The second-order valence-electron chi connectivity index (χ2n) is 12.3. The first-order valence-corrected chi connectivity index (χ1v) is 18.5. The lowest BCUT2D eigenvalue weighted by atomic mass is 10.0. The molecule has 1 saturated heterocycles. The van der Waals surface area contributed by atoms with Crippen molar-refractivity contribution in [1.29, 1.82) is 5.41 Å². The van der Waals surface area contributed by atoms with Gasteiger partial charge in [0, 0.05) is 67.2 Å². The van der Waals surface area contributed by atoms with Gasteiger partial charge in [-0.1, -0.05) is 50.4 Å². The van der Waals surface area contributed by atoms with E-state index in [0.29, 0.717) is 38.6 Å². The maximum Gasteiger partial charge on any atom is 0.354 e. The van der Waals surface area contributed by atoms with E-state index >= 15 is 0 Å². The first-order chi connectivity index (χ1) is 25.7. The van der Waals surface area contributed by atoms with Crippen LogP contribution in [0.15, 0.2) is 74.1 Å². The predicted molar refractivity (Wildman–Crippen MR) is 237 cm³/mol. The molecule has 0 radical (unpaired) electrons. The summed E-state index contributed by atoms with van der Waals surface area (Å²) >= 11 is 6.83. The minimum atomic E-state index is -0.818. The highest BCUT2D eigenvalue weighted by atomic mass is 79.9. The van der Waals surface area contributed by atoms with E-state index in [2.05, 4.69) is 62.8 Å². The van der Waals surface area contributed by atoms with Crippen molar-refractivity contribution in [2.75, 3.05) is 13.7 Å². The van der Waals surface area contributed by atoms with Gasteiger partial charge in [-0.2, -0.15) is 27.0 Å². The van der Waals surface area contributed by atoms with Gasteiger partial charge in [-0.05, 0) is 62.1 Å². The number of H-pyrrole nitrogens is 2. The highest BCUT2D eigenvalue weighted by Crippen LogP contribution is 2.25. The van der Waals surface area contributed by atoms with Crippen LogP contribution in [-0.2, 0) is 23.9 Å². The van der Waals surface area contributed by atoms with Gasteiger partial charge in [0.2, 0.25) is 11.8 Å². The van der Waals surface area contributed by atoms with Crippen molar-refractivity contribution >= 4 is 128 Å². The number of amidine groups is 1. The number of nitrogens with zero attached hydrogens (tertiary/aromatic N) is 1. The van der Waals surface area contributed by atoms with Crippen LogP contribution in [0, 0.1) is 5.41 Å². The van der Waals surface area contributed by atoms with Gasteiger partial charge in [0.15, 0.2) is 5.96 Å². The minimum Gasteiger partial charge on any atom is -0.464 e. The smallest absolute Gasteiger partial charge is 0.354 e. The lowest BCUT2D eigenvalue weighted by molar-refractivity contribution is -0.137. The Morgan fingerprint density at radius 1 is 0.964 bits per heavy atom. The Balaban J connectivity index is 0.000000374. The number of esters is 1. The molecule has 1 aliphatic rings. The fourth-order valence-corrected chi connectivity index (χ4v) is 6.19. The molecule has 0 saturated carbocycles. The van der Waals surface area contributed by atoms with Crippen LogP contribution in [0.2, 0.25) is 0 Å². The van der Waals surface area contributed by atoms with E-state index in [1.54, 1.807) is 24.5 Å². The number of hydrogen-bond donors (Lipinski definition) is 10. The summed E-state index contributed by atoms with van der Waals surface area (Å²) in [4.78, 5) is 59.2. The molecule has 1 aliphatic heterocycles. The van der Waals surface area contributed by atoms with E-state index in [0.717, 1.165) is 48.3 Å². The number of ether oxygens (including phenoxy) is 1. The van der Waals surface area contributed by atoms with Gasteiger partial charge in [0.1, 0.15) is 17.4 Å². The van der Waals surface area contributed by atoms with Crippen LogP contribution in [-0.4, -0.2) is 71.2 Å². The number of carbonyl (C=O) groups is 4. The Labute approximate surface area is 354 Å². The van der Waals surface area contributed by atoms with Crippen molar-refractivity contribution in [3.05, 3.63) is 80.3 Å². The second kappa shape index (κ2) is 22.7. The van der Waals surface area contributed by atoms with Crippen molar-refractivity contribution in [1.82, 2.24) is 25.9 Å². The molecule has 0 unspecified atom stereocenters. The van der Waals surface area contributed by atoms with E-state index in [4.69, 9.17) is 33.1 Å². The number of benzene rings is 2. The first kappa shape index (κ1) is 47.4. The Morgan fingerprint density at radius 3 is 2.16 bits per heavy atom. The molecule has 2 aromatic carbocycles. The van der Waals surface area contributed by atoms with Crippen molar-refractivity contribution in [3.8, 4) is 0 Å². The van der Waals surface area contributed by atoms with Gasteiger partial charge < -0.3 is 53.6 Å². The Morgan fingerprint density at radius 2 is 1.57 bits per heavy atom. The number of rotatable bonds is 14. The molecule has 1 fully saturated rings. The zero-order valence-electron chi connectivity index (χ0n) is 30.4. The first-order valence-electron chi connectivity index (χ1n) is 16.9. The molecule has 16 nitrogen and oxygen atoms in total. The second-order valence-corrected chi connectivity index (χ2v) is 14.1. The van der Waals surface area contributed by atoms with E-state index in [-0.39, 0.29) is 62.0 Å². The van der Waals surface area contributed by atoms with Gasteiger partial charge in [-0.15, -0.1) is 0 Å². The SMILES string of the molecule is COC(=O)/C(=C/c1c[nH]c2cc(Br)ccc12)NC(=O)[C@@H](N)CCCN=C(N)N.N=C(N)CCCC[C@@H]1NC(=O)/C(=C/c2c[nH]c3cc(Br)ccc23)NC1=O.S.S. The zero-order chi connectivity index (χ0) is 39.4. The van der Waals surface area contributed by atoms with Gasteiger partial charge in [0.25, 0.3) is 5.91 Å². The van der Waals surface area contributed by atoms with Crippen molar-refractivity contribution in [2.24, 2.45) is 27.9 Å². The molecule has 3 heterocycles. The minimum absolute atomic E-state index is 0. The third-order valence-corrected chi connectivity index (χ3v) is 9.22. The van der Waals surface area contributed by atoms with Crippen LogP contribution >= 0.6 is 58.9 Å². The Bertz CT molecular complexity index is 2130. The molecule has 2 aromatic heterocycles. The molecule has 3 amide bonds. The van der Waals surface area contributed by atoms with E-state index < -0.39 is 24.0 Å². The lowest BCUT2D eigenvalue weighted by Crippen LogP contribution is -2.54. The van der Waals surface area contributed by atoms with Crippen molar-refractivity contribution in [3.63, 3.8) is 0 Å². The molecule has 0 bridgehead atoms. The van der Waals surface area contributed by atoms with Gasteiger partial charge >= 0.3 is 5.97 Å². The van der Waals surface area contributed by atoms with Crippen LogP contribution < -0.4 is 38.9 Å². The highest BCUT2D eigenvalue weighted by Gasteiger charge is 2.29.